The first kappa shape index (κ1) is 14.7. The van der Waals surface area contributed by atoms with E-state index in [1.165, 1.54) is 0 Å². The van der Waals surface area contributed by atoms with Gasteiger partial charge in [-0.2, -0.15) is 4.98 Å². The number of aromatic nitrogens is 2. The van der Waals surface area contributed by atoms with E-state index in [9.17, 15) is 5.11 Å². The Balaban J connectivity index is 1.92. The van der Waals surface area contributed by atoms with Crippen molar-refractivity contribution in [2.75, 3.05) is 13.6 Å². The molecule has 1 N–H and O–H groups in total. The third-order valence-electron chi connectivity index (χ3n) is 2.78. The van der Waals surface area contributed by atoms with Crippen LogP contribution in [0.3, 0.4) is 0 Å². The molecule has 0 fully saturated rings. The molecular weight excluding hydrogens is 254 g/mol. The third-order valence-corrected chi connectivity index (χ3v) is 2.78. The molecular formula is C15H21N3O2. The Bertz CT molecular complexity index is 532. The monoisotopic (exact) mass is 275 g/mol. The summed E-state index contributed by atoms with van der Waals surface area (Å²) in [4.78, 5) is 6.34. The van der Waals surface area contributed by atoms with Gasteiger partial charge in [0.15, 0.2) is 5.82 Å². The van der Waals surface area contributed by atoms with Gasteiger partial charge in [-0.05, 0) is 26.5 Å². The zero-order valence-corrected chi connectivity index (χ0v) is 12.2. The van der Waals surface area contributed by atoms with Crippen LogP contribution in [-0.2, 0) is 13.0 Å². The largest absolute Gasteiger partial charge is 0.389 e. The zero-order chi connectivity index (χ0) is 14.6. The summed E-state index contributed by atoms with van der Waals surface area (Å²) in [7, 11) is 1.92. The second-order valence-electron chi connectivity index (χ2n) is 5.75. The van der Waals surface area contributed by atoms with Gasteiger partial charge in [0.2, 0.25) is 5.89 Å². The molecule has 0 aliphatic heterocycles. The maximum atomic E-state index is 9.76. The summed E-state index contributed by atoms with van der Waals surface area (Å²) in [5.74, 6) is 1.26. The number of hydrogen-bond donors (Lipinski definition) is 1. The molecule has 1 aromatic heterocycles. The van der Waals surface area contributed by atoms with Crippen molar-refractivity contribution in [3.05, 3.63) is 47.6 Å². The van der Waals surface area contributed by atoms with Gasteiger partial charge in [0.1, 0.15) is 0 Å². The lowest BCUT2D eigenvalue weighted by Crippen LogP contribution is -2.36. The van der Waals surface area contributed by atoms with Crippen LogP contribution in [0, 0.1) is 0 Å². The minimum Gasteiger partial charge on any atom is -0.389 e. The lowest BCUT2D eigenvalue weighted by molar-refractivity contribution is 0.0416. The number of hydrogen-bond acceptors (Lipinski definition) is 5. The lowest BCUT2D eigenvalue weighted by atomic mass is 10.1. The quantitative estimate of drug-likeness (QED) is 0.872. The molecule has 2 aromatic rings. The lowest BCUT2D eigenvalue weighted by Gasteiger charge is -2.24. The molecule has 0 amide bonds. The highest BCUT2D eigenvalue weighted by Crippen LogP contribution is 2.09. The summed E-state index contributed by atoms with van der Waals surface area (Å²) < 4.78 is 5.25. The van der Waals surface area contributed by atoms with E-state index in [4.69, 9.17) is 4.52 Å². The van der Waals surface area contributed by atoms with Gasteiger partial charge in [-0.25, -0.2) is 0 Å². The van der Waals surface area contributed by atoms with Crippen LogP contribution >= 0.6 is 0 Å². The van der Waals surface area contributed by atoms with E-state index in [0.717, 1.165) is 5.56 Å². The van der Waals surface area contributed by atoms with Gasteiger partial charge in [-0.1, -0.05) is 35.5 Å². The molecule has 0 bridgehead atoms. The highest BCUT2D eigenvalue weighted by molar-refractivity contribution is 5.17. The molecule has 2 rings (SSSR count). The Morgan fingerprint density at radius 1 is 1.25 bits per heavy atom. The van der Waals surface area contributed by atoms with Crippen LogP contribution in [0.15, 0.2) is 34.9 Å². The van der Waals surface area contributed by atoms with Gasteiger partial charge < -0.3 is 9.63 Å². The van der Waals surface area contributed by atoms with Crippen molar-refractivity contribution in [1.82, 2.24) is 15.0 Å². The molecule has 0 spiro atoms. The fourth-order valence-corrected chi connectivity index (χ4v) is 2.15. The fourth-order valence-electron chi connectivity index (χ4n) is 2.15. The van der Waals surface area contributed by atoms with Crippen molar-refractivity contribution in [2.45, 2.75) is 32.4 Å². The second kappa shape index (κ2) is 6.15. The van der Waals surface area contributed by atoms with E-state index in [2.05, 4.69) is 10.1 Å². The second-order valence-corrected chi connectivity index (χ2v) is 5.75. The van der Waals surface area contributed by atoms with Crippen molar-refractivity contribution in [1.29, 1.82) is 0 Å². The molecule has 0 aliphatic rings. The average Bonchev–Trinajstić information content (AvgIpc) is 2.75. The summed E-state index contributed by atoms with van der Waals surface area (Å²) in [6.07, 6.45) is 0.642. The summed E-state index contributed by atoms with van der Waals surface area (Å²) in [5.41, 5.74) is 0.415. The molecule has 0 saturated carbocycles. The Hall–Kier alpha value is -1.72. The van der Waals surface area contributed by atoms with Crippen LogP contribution in [0.25, 0.3) is 0 Å². The summed E-state index contributed by atoms with van der Waals surface area (Å²) in [5, 5.41) is 13.7. The van der Waals surface area contributed by atoms with Crippen molar-refractivity contribution in [2.24, 2.45) is 0 Å². The van der Waals surface area contributed by atoms with Gasteiger partial charge in [0, 0.05) is 6.54 Å². The van der Waals surface area contributed by atoms with E-state index in [0.29, 0.717) is 31.2 Å². The normalized spacial score (nSPS) is 12.1. The van der Waals surface area contributed by atoms with Gasteiger partial charge in [0.05, 0.1) is 18.6 Å². The number of aliphatic hydroxyl groups is 1. The van der Waals surface area contributed by atoms with E-state index >= 15 is 0 Å². The van der Waals surface area contributed by atoms with Crippen LogP contribution in [0.1, 0.15) is 31.1 Å². The van der Waals surface area contributed by atoms with Crippen molar-refractivity contribution < 1.29 is 9.63 Å². The Morgan fingerprint density at radius 3 is 2.60 bits per heavy atom. The number of benzene rings is 1. The van der Waals surface area contributed by atoms with Crippen LogP contribution in [0.2, 0.25) is 0 Å². The van der Waals surface area contributed by atoms with Gasteiger partial charge in [0.25, 0.3) is 0 Å². The van der Waals surface area contributed by atoms with E-state index in [-0.39, 0.29) is 0 Å². The third kappa shape index (κ3) is 4.75. The van der Waals surface area contributed by atoms with Crippen LogP contribution in [0.5, 0.6) is 0 Å². The predicted molar refractivity (Wildman–Crippen MR) is 76.2 cm³/mol. The first-order valence-electron chi connectivity index (χ1n) is 6.69. The summed E-state index contributed by atoms with van der Waals surface area (Å²) >= 11 is 0. The SMILES string of the molecule is CN(Cc1noc(Cc2ccccc2)n1)CC(C)(C)O. The van der Waals surface area contributed by atoms with Crippen molar-refractivity contribution in [3.8, 4) is 0 Å². The van der Waals surface area contributed by atoms with Gasteiger partial charge in [-0.3, -0.25) is 4.90 Å². The molecule has 0 saturated heterocycles. The molecule has 0 aliphatic carbocycles. The van der Waals surface area contributed by atoms with E-state index < -0.39 is 5.60 Å². The molecule has 1 heterocycles. The van der Waals surface area contributed by atoms with Crippen molar-refractivity contribution in [3.63, 3.8) is 0 Å². The van der Waals surface area contributed by atoms with Gasteiger partial charge >= 0.3 is 0 Å². The number of rotatable bonds is 6. The van der Waals surface area contributed by atoms with Crippen LogP contribution < -0.4 is 0 Å². The van der Waals surface area contributed by atoms with E-state index in [1.54, 1.807) is 13.8 Å². The Labute approximate surface area is 119 Å². The molecule has 1 aromatic carbocycles. The molecule has 108 valence electrons. The molecule has 5 heteroatoms. The number of nitrogens with zero attached hydrogens (tertiary/aromatic N) is 3. The summed E-state index contributed by atoms with van der Waals surface area (Å²) in [6, 6.07) is 10.0. The van der Waals surface area contributed by atoms with Crippen molar-refractivity contribution >= 4 is 0 Å². The first-order valence-corrected chi connectivity index (χ1v) is 6.69. The molecule has 0 radical (unpaired) electrons. The molecule has 5 nitrogen and oxygen atoms in total. The Kier molecular flexibility index (Phi) is 4.52. The van der Waals surface area contributed by atoms with Crippen LogP contribution in [-0.4, -0.2) is 39.3 Å². The molecule has 20 heavy (non-hydrogen) atoms. The van der Waals surface area contributed by atoms with Gasteiger partial charge in [-0.15, -0.1) is 0 Å². The van der Waals surface area contributed by atoms with Crippen LogP contribution in [0.4, 0.5) is 0 Å². The number of likely N-dealkylation sites (N-methyl/N-ethyl adjacent to an activating group) is 1. The maximum Gasteiger partial charge on any atom is 0.231 e. The summed E-state index contributed by atoms with van der Waals surface area (Å²) in [6.45, 7) is 4.67. The fraction of sp³-hybridized carbons (Fsp3) is 0.467. The average molecular weight is 275 g/mol. The highest BCUT2D eigenvalue weighted by Gasteiger charge is 2.17. The predicted octanol–water partition coefficient (Wildman–Crippen LogP) is 1.86. The standard InChI is InChI=1S/C15H21N3O2/c1-15(2,19)11-18(3)10-13-16-14(20-17-13)9-12-7-5-4-6-8-12/h4-8,19H,9-11H2,1-3H3. The van der Waals surface area contributed by atoms with E-state index in [1.807, 2.05) is 42.3 Å². The minimum absolute atomic E-state index is 0.551. The topological polar surface area (TPSA) is 62.4 Å². The Morgan fingerprint density at radius 2 is 1.95 bits per heavy atom. The highest BCUT2D eigenvalue weighted by atomic mass is 16.5. The molecule has 0 atom stereocenters. The maximum absolute atomic E-state index is 9.76. The smallest absolute Gasteiger partial charge is 0.231 e. The first-order chi connectivity index (χ1) is 9.42. The zero-order valence-electron chi connectivity index (χ0n) is 12.2. The molecule has 0 unspecified atom stereocenters. The minimum atomic E-state index is -0.731.